The van der Waals surface area contributed by atoms with Crippen LogP contribution < -0.4 is 4.90 Å². The van der Waals surface area contributed by atoms with Crippen LogP contribution in [0, 0.1) is 0 Å². The molecule has 0 saturated carbocycles. The van der Waals surface area contributed by atoms with Gasteiger partial charge in [0, 0.05) is 62.6 Å². The van der Waals surface area contributed by atoms with Gasteiger partial charge in [-0.1, -0.05) is 6.07 Å². The summed E-state index contributed by atoms with van der Waals surface area (Å²) in [6, 6.07) is 9.71. The van der Waals surface area contributed by atoms with Gasteiger partial charge in [0.25, 0.3) is 0 Å². The number of rotatable bonds is 4. The molecule has 0 unspecified atom stereocenters. The Hall–Kier alpha value is -3.10. The summed E-state index contributed by atoms with van der Waals surface area (Å²) in [4.78, 5) is 22.2. The van der Waals surface area contributed by atoms with Gasteiger partial charge in [-0.3, -0.25) is 14.9 Å². The highest BCUT2D eigenvalue weighted by molar-refractivity contribution is 7.17. The van der Waals surface area contributed by atoms with Crippen LogP contribution in [0.5, 0.6) is 5.88 Å². The highest BCUT2D eigenvalue weighted by Crippen LogP contribution is 2.33. The van der Waals surface area contributed by atoms with Crippen molar-refractivity contribution in [2.24, 2.45) is 0 Å². The van der Waals surface area contributed by atoms with E-state index < -0.39 is 0 Å². The topological polar surface area (TPSA) is 78.3 Å². The number of piperazine rings is 1. The maximum atomic E-state index is 10.4. The second-order valence-corrected chi connectivity index (χ2v) is 7.87. The minimum Gasteiger partial charge on any atom is -0.492 e. The number of anilines is 1. The number of thiophene rings is 1. The van der Waals surface area contributed by atoms with Gasteiger partial charge in [0.1, 0.15) is 10.4 Å². The molecule has 1 aliphatic heterocycles. The fourth-order valence-corrected chi connectivity index (χ4v) is 4.52. The number of pyridine rings is 2. The molecule has 0 atom stereocenters. The summed E-state index contributed by atoms with van der Waals surface area (Å²) in [6.45, 7) is 4.72. The Morgan fingerprint density at radius 3 is 2.55 bits per heavy atom. The molecular formula is C21H20N6OS. The molecule has 4 aromatic heterocycles. The maximum absolute atomic E-state index is 10.4. The van der Waals surface area contributed by atoms with Crippen LogP contribution in [0.3, 0.4) is 0 Å². The lowest BCUT2D eigenvalue weighted by molar-refractivity contribution is 0.251. The zero-order valence-electron chi connectivity index (χ0n) is 15.8. The predicted molar refractivity (Wildman–Crippen MR) is 114 cm³/mol. The van der Waals surface area contributed by atoms with Crippen molar-refractivity contribution in [3.8, 4) is 17.4 Å². The molecule has 0 radical (unpaired) electrons. The Bertz CT molecular complexity index is 1110. The fourth-order valence-electron chi connectivity index (χ4n) is 3.63. The fraction of sp³-hybridized carbons (Fsp3) is 0.238. The number of hydrogen-bond acceptors (Lipinski definition) is 8. The lowest BCUT2D eigenvalue weighted by atomic mass is 10.2. The minimum atomic E-state index is 0.0226. The van der Waals surface area contributed by atoms with Crippen molar-refractivity contribution in [2.45, 2.75) is 6.54 Å². The quantitative estimate of drug-likeness (QED) is 0.560. The first-order valence-electron chi connectivity index (χ1n) is 9.54. The molecule has 5 heterocycles. The van der Waals surface area contributed by atoms with Crippen LogP contribution in [-0.4, -0.2) is 56.1 Å². The van der Waals surface area contributed by atoms with E-state index in [1.165, 1.54) is 17.0 Å². The summed E-state index contributed by atoms with van der Waals surface area (Å²) in [5.41, 5.74) is 3.82. The monoisotopic (exact) mass is 404 g/mol. The molecule has 1 saturated heterocycles. The van der Waals surface area contributed by atoms with Crippen LogP contribution in [0.25, 0.3) is 21.7 Å². The lowest BCUT2D eigenvalue weighted by Gasteiger charge is -2.35. The Balaban J connectivity index is 1.35. The molecule has 0 aromatic carbocycles. The largest absolute Gasteiger partial charge is 0.492 e. The zero-order chi connectivity index (χ0) is 19.6. The smallest absolute Gasteiger partial charge is 0.233 e. The van der Waals surface area contributed by atoms with Gasteiger partial charge in [-0.2, -0.15) is 4.98 Å². The summed E-state index contributed by atoms with van der Waals surface area (Å²) in [7, 11) is 0. The van der Waals surface area contributed by atoms with Crippen molar-refractivity contribution in [3.63, 3.8) is 0 Å². The highest BCUT2D eigenvalue weighted by atomic mass is 32.1. The van der Waals surface area contributed by atoms with Gasteiger partial charge in [0.05, 0.1) is 5.52 Å². The van der Waals surface area contributed by atoms with Crippen molar-refractivity contribution in [3.05, 3.63) is 59.9 Å². The normalized spacial score (nSPS) is 15.1. The molecule has 0 aliphatic carbocycles. The molecule has 0 bridgehead atoms. The second-order valence-electron chi connectivity index (χ2n) is 6.99. The van der Waals surface area contributed by atoms with Gasteiger partial charge in [-0.15, -0.1) is 11.3 Å². The lowest BCUT2D eigenvalue weighted by Crippen LogP contribution is -2.45. The summed E-state index contributed by atoms with van der Waals surface area (Å²) >= 11 is 1.49. The first kappa shape index (κ1) is 18.0. The summed E-state index contributed by atoms with van der Waals surface area (Å²) in [6.07, 6.45) is 5.38. The van der Waals surface area contributed by atoms with Crippen LogP contribution in [0.15, 0.2) is 54.3 Å². The molecule has 146 valence electrons. The van der Waals surface area contributed by atoms with Crippen molar-refractivity contribution in [2.75, 3.05) is 31.1 Å². The average Bonchev–Trinajstić information content (AvgIpc) is 3.19. The standard InChI is InChI=1S/C21H20N6OS/c28-21-19-18(24-20(25-21)17-3-1-2-6-23-17)15(14-29-19)13-26-9-11-27(12-10-26)16-4-7-22-8-5-16/h1-8,14H,9-13H2,(H,24,25,28). The van der Waals surface area contributed by atoms with E-state index in [1.807, 2.05) is 30.6 Å². The van der Waals surface area contributed by atoms with Gasteiger partial charge < -0.3 is 10.0 Å². The van der Waals surface area contributed by atoms with Gasteiger partial charge in [0.15, 0.2) is 5.82 Å². The second kappa shape index (κ2) is 7.73. The van der Waals surface area contributed by atoms with Crippen LogP contribution >= 0.6 is 11.3 Å². The molecule has 29 heavy (non-hydrogen) atoms. The van der Waals surface area contributed by atoms with Crippen molar-refractivity contribution < 1.29 is 5.11 Å². The van der Waals surface area contributed by atoms with Gasteiger partial charge >= 0.3 is 0 Å². The van der Waals surface area contributed by atoms with E-state index in [1.54, 1.807) is 6.20 Å². The Morgan fingerprint density at radius 1 is 0.966 bits per heavy atom. The van der Waals surface area contributed by atoms with E-state index >= 15 is 0 Å². The third-order valence-electron chi connectivity index (χ3n) is 5.16. The zero-order valence-corrected chi connectivity index (χ0v) is 16.6. The number of hydrogen-bond donors (Lipinski definition) is 1. The molecule has 7 nitrogen and oxygen atoms in total. The molecular weight excluding hydrogens is 384 g/mol. The van der Waals surface area contributed by atoms with Crippen molar-refractivity contribution in [1.82, 2.24) is 24.8 Å². The van der Waals surface area contributed by atoms with Crippen LogP contribution in [0.1, 0.15) is 5.56 Å². The van der Waals surface area contributed by atoms with E-state index in [-0.39, 0.29) is 5.88 Å². The molecule has 1 N–H and O–H groups in total. The molecule has 0 amide bonds. The Labute approximate surface area is 172 Å². The molecule has 8 heteroatoms. The van der Waals surface area contributed by atoms with Crippen molar-refractivity contribution >= 4 is 27.2 Å². The number of fused-ring (bicyclic) bond motifs is 1. The van der Waals surface area contributed by atoms with Crippen molar-refractivity contribution in [1.29, 1.82) is 0 Å². The number of aromatic nitrogens is 4. The molecule has 1 fully saturated rings. The number of aromatic hydroxyl groups is 1. The average molecular weight is 404 g/mol. The summed E-state index contributed by atoms with van der Waals surface area (Å²) in [5.74, 6) is 0.479. The van der Waals surface area contributed by atoms with E-state index in [9.17, 15) is 5.11 Å². The van der Waals surface area contributed by atoms with E-state index in [0.717, 1.165) is 48.5 Å². The minimum absolute atomic E-state index is 0.0226. The number of nitrogens with zero attached hydrogens (tertiary/aromatic N) is 6. The Kier molecular flexibility index (Phi) is 4.79. The van der Waals surface area contributed by atoms with E-state index in [2.05, 4.69) is 42.3 Å². The molecule has 0 spiro atoms. The molecule has 4 aromatic rings. The first-order chi connectivity index (χ1) is 14.3. The highest BCUT2D eigenvalue weighted by Gasteiger charge is 2.20. The summed E-state index contributed by atoms with van der Waals surface area (Å²) in [5, 5.41) is 12.5. The van der Waals surface area contributed by atoms with Gasteiger partial charge in [0.2, 0.25) is 5.88 Å². The van der Waals surface area contributed by atoms with Crippen LogP contribution in [0.4, 0.5) is 5.69 Å². The van der Waals surface area contributed by atoms with Crippen LogP contribution in [0.2, 0.25) is 0 Å². The van der Waals surface area contributed by atoms with E-state index in [0.29, 0.717) is 11.5 Å². The van der Waals surface area contributed by atoms with E-state index in [4.69, 9.17) is 4.98 Å². The van der Waals surface area contributed by atoms with Gasteiger partial charge in [-0.05, 0) is 29.6 Å². The maximum Gasteiger partial charge on any atom is 0.233 e. The molecule has 5 rings (SSSR count). The first-order valence-corrected chi connectivity index (χ1v) is 10.4. The third kappa shape index (κ3) is 3.64. The predicted octanol–water partition coefficient (Wildman–Crippen LogP) is 3.18. The van der Waals surface area contributed by atoms with Crippen LogP contribution in [-0.2, 0) is 6.54 Å². The third-order valence-corrected chi connectivity index (χ3v) is 6.17. The van der Waals surface area contributed by atoms with Gasteiger partial charge in [-0.25, -0.2) is 4.98 Å². The Morgan fingerprint density at radius 2 is 1.79 bits per heavy atom. The summed E-state index contributed by atoms with van der Waals surface area (Å²) < 4.78 is 0.732. The molecule has 1 aliphatic rings. The SMILES string of the molecule is Oc1nc(-c2ccccn2)nc2c(CN3CCN(c4ccncc4)CC3)csc12.